The molecule has 1 aliphatic heterocycles. The molecule has 1 saturated carbocycles. The molecule has 0 bridgehead atoms. The van der Waals surface area contributed by atoms with Crippen molar-refractivity contribution in [2.45, 2.75) is 38.1 Å². The first-order chi connectivity index (χ1) is 7.72. The highest BCUT2D eigenvalue weighted by Crippen LogP contribution is 2.27. The number of Topliss-reactive ketones (excluding diaryl/α,β-unsaturated/α-hetero) is 1. The standard InChI is InChI=1S/C12H19NO3/c1-16-12(15)10-8-13(7-6-11(10)14)9-4-2-3-5-9/h9-10H,2-8H2,1H3. The van der Waals surface area contributed by atoms with Crippen LogP contribution in [0.1, 0.15) is 32.1 Å². The van der Waals surface area contributed by atoms with E-state index in [0.717, 1.165) is 6.54 Å². The summed E-state index contributed by atoms with van der Waals surface area (Å²) in [6.45, 7) is 1.38. The summed E-state index contributed by atoms with van der Waals surface area (Å²) in [6, 6.07) is 0.584. The van der Waals surface area contributed by atoms with Crippen molar-refractivity contribution >= 4 is 11.8 Å². The Hall–Kier alpha value is -0.900. The maximum absolute atomic E-state index is 11.6. The van der Waals surface area contributed by atoms with Crippen LogP contribution in [-0.4, -0.2) is 42.9 Å². The van der Waals surface area contributed by atoms with Gasteiger partial charge in [0.05, 0.1) is 7.11 Å². The van der Waals surface area contributed by atoms with Gasteiger partial charge in [0.15, 0.2) is 0 Å². The molecule has 2 fully saturated rings. The first-order valence-corrected chi connectivity index (χ1v) is 6.07. The molecule has 16 heavy (non-hydrogen) atoms. The normalized spacial score (nSPS) is 28.3. The summed E-state index contributed by atoms with van der Waals surface area (Å²) in [5, 5.41) is 0. The van der Waals surface area contributed by atoms with Gasteiger partial charge in [-0.1, -0.05) is 12.8 Å². The van der Waals surface area contributed by atoms with Gasteiger partial charge in [0.25, 0.3) is 0 Å². The van der Waals surface area contributed by atoms with Crippen LogP contribution in [0.3, 0.4) is 0 Å². The van der Waals surface area contributed by atoms with Gasteiger partial charge in [-0.25, -0.2) is 0 Å². The molecule has 0 aromatic heterocycles. The Labute approximate surface area is 95.9 Å². The number of ether oxygens (including phenoxy) is 1. The largest absolute Gasteiger partial charge is 0.468 e. The first kappa shape index (κ1) is 11.6. The Bertz CT molecular complexity index is 276. The number of rotatable bonds is 2. The number of piperidine rings is 1. The predicted molar refractivity (Wildman–Crippen MR) is 59.0 cm³/mol. The van der Waals surface area contributed by atoms with Crippen molar-refractivity contribution in [3.8, 4) is 0 Å². The molecule has 2 rings (SSSR count). The lowest BCUT2D eigenvalue weighted by molar-refractivity contribution is -0.152. The number of esters is 1. The zero-order chi connectivity index (χ0) is 11.5. The van der Waals surface area contributed by atoms with Crippen LogP contribution in [0.25, 0.3) is 0 Å². The highest BCUT2D eigenvalue weighted by Gasteiger charge is 2.36. The highest BCUT2D eigenvalue weighted by molar-refractivity contribution is 5.99. The Kier molecular flexibility index (Phi) is 3.59. The van der Waals surface area contributed by atoms with Crippen LogP contribution in [0, 0.1) is 5.92 Å². The summed E-state index contributed by atoms with van der Waals surface area (Å²) in [7, 11) is 1.35. The van der Waals surface area contributed by atoms with Gasteiger partial charge in [-0.05, 0) is 12.8 Å². The summed E-state index contributed by atoms with van der Waals surface area (Å²) in [5.41, 5.74) is 0. The molecule has 0 radical (unpaired) electrons. The average Bonchev–Trinajstić information content (AvgIpc) is 2.82. The minimum atomic E-state index is -0.542. The molecule has 1 heterocycles. The van der Waals surface area contributed by atoms with E-state index < -0.39 is 5.92 Å². The maximum Gasteiger partial charge on any atom is 0.317 e. The lowest BCUT2D eigenvalue weighted by atomic mass is 9.95. The van der Waals surface area contributed by atoms with E-state index >= 15 is 0 Å². The number of nitrogens with zero attached hydrogens (tertiary/aromatic N) is 1. The van der Waals surface area contributed by atoms with Crippen molar-refractivity contribution < 1.29 is 14.3 Å². The van der Waals surface area contributed by atoms with Gasteiger partial charge in [0.1, 0.15) is 11.7 Å². The lowest BCUT2D eigenvalue weighted by Crippen LogP contribution is -2.48. The molecule has 0 amide bonds. The summed E-state index contributed by atoms with van der Waals surface area (Å²) in [6.07, 6.45) is 5.47. The number of carbonyl (C=O) groups excluding carboxylic acids is 2. The molecule has 2 aliphatic rings. The Morgan fingerprint density at radius 3 is 2.69 bits per heavy atom. The van der Waals surface area contributed by atoms with Crippen LogP contribution >= 0.6 is 0 Å². The van der Waals surface area contributed by atoms with E-state index in [1.54, 1.807) is 0 Å². The zero-order valence-electron chi connectivity index (χ0n) is 9.78. The molecule has 1 unspecified atom stereocenters. The number of methoxy groups -OCH3 is 1. The molecule has 1 atom stereocenters. The van der Waals surface area contributed by atoms with Crippen LogP contribution in [0.2, 0.25) is 0 Å². The number of hydrogen-bond acceptors (Lipinski definition) is 4. The van der Waals surface area contributed by atoms with Crippen molar-refractivity contribution in [3.05, 3.63) is 0 Å². The average molecular weight is 225 g/mol. The quantitative estimate of drug-likeness (QED) is 0.519. The minimum absolute atomic E-state index is 0.0427. The second-order valence-corrected chi connectivity index (χ2v) is 4.73. The minimum Gasteiger partial charge on any atom is -0.468 e. The van der Waals surface area contributed by atoms with Crippen LogP contribution in [-0.2, 0) is 14.3 Å². The molecule has 0 spiro atoms. The van der Waals surface area contributed by atoms with Gasteiger partial charge in [0.2, 0.25) is 0 Å². The molecular formula is C12H19NO3. The molecule has 0 aromatic carbocycles. The molecule has 1 aliphatic carbocycles. The van der Waals surface area contributed by atoms with E-state index in [0.29, 0.717) is 19.0 Å². The number of carbonyl (C=O) groups is 2. The molecule has 0 aromatic rings. The topological polar surface area (TPSA) is 46.6 Å². The van der Waals surface area contributed by atoms with E-state index in [4.69, 9.17) is 0 Å². The Balaban J connectivity index is 1.98. The lowest BCUT2D eigenvalue weighted by Gasteiger charge is -2.34. The van der Waals surface area contributed by atoms with E-state index in [1.807, 2.05) is 0 Å². The second-order valence-electron chi connectivity index (χ2n) is 4.73. The zero-order valence-corrected chi connectivity index (χ0v) is 9.78. The van der Waals surface area contributed by atoms with Crippen LogP contribution in [0.5, 0.6) is 0 Å². The van der Waals surface area contributed by atoms with Crippen LogP contribution in [0.15, 0.2) is 0 Å². The molecule has 90 valence electrons. The Morgan fingerprint density at radius 1 is 1.38 bits per heavy atom. The number of ketones is 1. The third-order valence-corrected chi connectivity index (χ3v) is 3.78. The summed E-state index contributed by atoms with van der Waals surface area (Å²) < 4.78 is 4.68. The van der Waals surface area contributed by atoms with E-state index in [1.165, 1.54) is 32.8 Å². The van der Waals surface area contributed by atoms with Crippen molar-refractivity contribution in [1.29, 1.82) is 0 Å². The van der Waals surface area contributed by atoms with Gasteiger partial charge in [-0.15, -0.1) is 0 Å². The summed E-state index contributed by atoms with van der Waals surface area (Å²) >= 11 is 0. The Morgan fingerprint density at radius 2 is 2.06 bits per heavy atom. The van der Waals surface area contributed by atoms with Crippen molar-refractivity contribution in [2.24, 2.45) is 5.92 Å². The SMILES string of the molecule is COC(=O)C1CN(C2CCCC2)CCC1=O. The number of likely N-dealkylation sites (tertiary alicyclic amines) is 1. The fourth-order valence-corrected chi connectivity index (χ4v) is 2.80. The highest BCUT2D eigenvalue weighted by atomic mass is 16.5. The third kappa shape index (κ3) is 2.26. The second kappa shape index (κ2) is 4.95. The summed E-state index contributed by atoms with van der Waals surface area (Å²) in [4.78, 5) is 25.4. The monoisotopic (exact) mass is 225 g/mol. The van der Waals surface area contributed by atoms with Gasteiger partial charge in [-0.2, -0.15) is 0 Å². The maximum atomic E-state index is 11.6. The molecular weight excluding hydrogens is 206 g/mol. The van der Waals surface area contributed by atoms with Crippen LogP contribution < -0.4 is 0 Å². The summed E-state index contributed by atoms with van der Waals surface area (Å²) in [5.74, 6) is -0.867. The van der Waals surface area contributed by atoms with Crippen molar-refractivity contribution in [1.82, 2.24) is 4.90 Å². The molecule has 4 nitrogen and oxygen atoms in total. The van der Waals surface area contributed by atoms with Crippen molar-refractivity contribution in [2.75, 3.05) is 20.2 Å². The fourth-order valence-electron chi connectivity index (χ4n) is 2.80. The van der Waals surface area contributed by atoms with Crippen LogP contribution in [0.4, 0.5) is 0 Å². The molecule has 0 N–H and O–H groups in total. The van der Waals surface area contributed by atoms with Gasteiger partial charge in [0, 0.05) is 25.6 Å². The van der Waals surface area contributed by atoms with E-state index in [2.05, 4.69) is 9.64 Å². The van der Waals surface area contributed by atoms with Gasteiger partial charge >= 0.3 is 5.97 Å². The fraction of sp³-hybridized carbons (Fsp3) is 0.833. The molecule has 1 saturated heterocycles. The predicted octanol–water partition coefficient (Wildman–Crippen LogP) is 0.993. The first-order valence-electron chi connectivity index (χ1n) is 6.07. The smallest absolute Gasteiger partial charge is 0.317 e. The van der Waals surface area contributed by atoms with Crippen molar-refractivity contribution in [3.63, 3.8) is 0 Å². The van der Waals surface area contributed by atoms with E-state index in [-0.39, 0.29) is 11.8 Å². The van der Waals surface area contributed by atoms with E-state index in [9.17, 15) is 9.59 Å². The number of hydrogen-bond donors (Lipinski definition) is 0. The molecule has 4 heteroatoms. The van der Waals surface area contributed by atoms with Gasteiger partial charge < -0.3 is 4.74 Å². The van der Waals surface area contributed by atoms with Gasteiger partial charge in [-0.3, -0.25) is 14.5 Å². The third-order valence-electron chi connectivity index (χ3n) is 3.78.